The fourth-order valence-electron chi connectivity index (χ4n) is 0.895. The SMILES string of the molecule is CC.CC.CC(=O)N(C)C(C)=O.CC(=O)c1ccccc1. The molecule has 0 unspecified atom stereocenters. The molecule has 1 aromatic carbocycles. The number of amides is 2. The largest absolute Gasteiger partial charge is 0.295 e. The molecule has 0 atom stereocenters. The van der Waals surface area contributed by atoms with Gasteiger partial charge in [0.05, 0.1) is 0 Å². The third-order valence-electron chi connectivity index (χ3n) is 2.12. The zero-order valence-corrected chi connectivity index (χ0v) is 14.6. The number of carbonyl (C=O) groups is 3. The van der Waals surface area contributed by atoms with Gasteiger partial charge in [0.1, 0.15) is 0 Å². The van der Waals surface area contributed by atoms with Crippen molar-refractivity contribution in [3.63, 3.8) is 0 Å². The first kappa shape index (κ1) is 24.1. The second-order valence-corrected chi connectivity index (χ2v) is 3.52. The van der Waals surface area contributed by atoms with Crippen LogP contribution in [0.1, 0.15) is 58.8 Å². The van der Waals surface area contributed by atoms with E-state index in [2.05, 4.69) is 0 Å². The van der Waals surface area contributed by atoms with E-state index in [-0.39, 0.29) is 17.6 Å². The van der Waals surface area contributed by atoms with Crippen molar-refractivity contribution in [1.82, 2.24) is 4.90 Å². The lowest BCUT2D eigenvalue weighted by atomic mass is 10.2. The Labute approximate surface area is 129 Å². The van der Waals surface area contributed by atoms with Gasteiger partial charge in [0.2, 0.25) is 11.8 Å². The molecule has 21 heavy (non-hydrogen) atoms. The number of imide groups is 1. The van der Waals surface area contributed by atoms with Gasteiger partial charge in [0.15, 0.2) is 5.78 Å². The standard InChI is InChI=1S/C8H8O.C5H9NO2.2C2H6/c1-7(9)8-5-3-2-4-6-8;1-4(7)6(3)5(2)8;2*1-2/h2-6H,1H3;1-3H3;2*1-2H3. The fraction of sp³-hybridized carbons (Fsp3) is 0.471. The second kappa shape index (κ2) is 16.1. The number of hydrogen-bond donors (Lipinski definition) is 0. The van der Waals surface area contributed by atoms with Gasteiger partial charge in [-0.3, -0.25) is 19.3 Å². The molecule has 0 fully saturated rings. The van der Waals surface area contributed by atoms with Gasteiger partial charge in [-0.2, -0.15) is 0 Å². The summed E-state index contributed by atoms with van der Waals surface area (Å²) in [5.41, 5.74) is 0.775. The predicted octanol–water partition coefficient (Wildman–Crippen LogP) is 3.95. The Morgan fingerprint density at radius 3 is 1.24 bits per heavy atom. The molecule has 0 spiro atoms. The molecule has 1 rings (SSSR count). The smallest absolute Gasteiger partial charge is 0.225 e. The third kappa shape index (κ3) is 14.3. The highest BCUT2D eigenvalue weighted by Crippen LogP contribution is 1.97. The Morgan fingerprint density at radius 1 is 0.762 bits per heavy atom. The molecular weight excluding hydrogens is 266 g/mol. The van der Waals surface area contributed by atoms with Gasteiger partial charge in [0, 0.05) is 26.5 Å². The first-order valence-electron chi connectivity index (χ1n) is 7.17. The number of benzene rings is 1. The summed E-state index contributed by atoms with van der Waals surface area (Å²) in [5, 5.41) is 0. The van der Waals surface area contributed by atoms with Crippen LogP contribution in [0.3, 0.4) is 0 Å². The molecule has 0 radical (unpaired) electrons. The number of nitrogens with zero attached hydrogens (tertiary/aromatic N) is 1. The van der Waals surface area contributed by atoms with Gasteiger partial charge < -0.3 is 0 Å². The van der Waals surface area contributed by atoms with Crippen LogP contribution >= 0.6 is 0 Å². The van der Waals surface area contributed by atoms with E-state index in [9.17, 15) is 14.4 Å². The molecule has 0 saturated heterocycles. The summed E-state index contributed by atoms with van der Waals surface area (Å²) in [5.74, 6) is -0.328. The second-order valence-electron chi connectivity index (χ2n) is 3.52. The maximum atomic E-state index is 10.6. The van der Waals surface area contributed by atoms with E-state index in [0.29, 0.717) is 0 Å². The van der Waals surface area contributed by atoms with Crippen molar-refractivity contribution in [2.45, 2.75) is 48.5 Å². The van der Waals surface area contributed by atoms with E-state index in [1.165, 1.54) is 20.9 Å². The number of carbonyl (C=O) groups excluding carboxylic acids is 3. The average molecular weight is 295 g/mol. The lowest BCUT2D eigenvalue weighted by molar-refractivity contribution is -0.140. The summed E-state index contributed by atoms with van der Waals surface area (Å²) in [6.07, 6.45) is 0. The first-order chi connectivity index (χ1) is 9.86. The van der Waals surface area contributed by atoms with Crippen molar-refractivity contribution >= 4 is 17.6 Å². The lowest BCUT2D eigenvalue weighted by Crippen LogP contribution is -2.28. The molecule has 4 heteroatoms. The van der Waals surface area contributed by atoms with Crippen molar-refractivity contribution in [1.29, 1.82) is 0 Å². The van der Waals surface area contributed by atoms with Crippen LogP contribution in [0.2, 0.25) is 0 Å². The minimum absolute atomic E-state index is 0.121. The average Bonchev–Trinajstić information content (AvgIpc) is 2.51. The molecule has 4 nitrogen and oxygen atoms in total. The quantitative estimate of drug-likeness (QED) is 0.737. The number of hydrogen-bond acceptors (Lipinski definition) is 3. The number of Topliss-reactive ketones (excluding diaryl/α,β-unsaturated/α-hetero) is 1. The van der Waals surface area contributed by atoms with Gasteiger partial charge in [-0.05, 0) is 6.92 Å². The van der Waals surface area contributed by atoms with Crippen molar-refractivity contribution in [3.05, 3.63) is 35.9 Å². The molecule has 0 aromatic heterocycles. The monoisotopic (exact) mass is 295 g/mol. The Balaban J connectivity index is -0.000000251. The minimum atomic E-state index is -0.225. The topological polar surface area (TPSA) is 54.5 Å². The number of ketones is 1. The van der Waals surface area contributed by atoms with E-state index >= 15 is 0 Å². The summed E-state index contributed by atoms with van der Waals surface area (Å²) >= 11 is 0. The molecule has 0 aliphatic carbocycles. The predicted molar refractivity (Wildman–Crippen MR) is 88.3 cm³/mol. The summed E-state index contributed by atoms with van der Waals surface area (Å²) in [6, 6.07) is 9.23. The van der Waals surface area contributed by atoms with Crippen LogP contribution in [-0.2, 0) is 9.59 Å². The van der Waals surface area contributed by atoms with Gasteiger partial charge in [-0.15, -0.1) is 0 Å². The van der Waals surface area contributed by atoms with Crippen molar-refractivity contribution in [3.8, 4) is 0 Å². The molecule has 2 amide bonds. The van der Waals surface area contributed by atoms with Crippen LogP contribution in [0, 0.1) is 0 Å². The highest BCUT2D eigenvalue weighted by Gasteiger charge is 2.04. The van der Waals surface area contributed by atoms with Crippen LogP contribution in [0.25, 0.3) is 0 Å². The Morgan fingerprint density at radius 2 is 1.10 bits per heavy atom. The lowest BCUT2D eigenvalue weighted by Gasteiger charge is -2.07. The molecule has 1 aromatic rings. The maximum absolute atomic E-state index is 10.6. The molecule has 0 saturated carbocycles. The maximum Gasteiger partial charge on any atom is 0.225 e. The van der Waals surface area contributed by atoms with Gasteiger partial charge >= 0.3 is 0 Å². The van der Waals surface area contributed by atoms with Gasteiger partial charge in [-0.1, -0.05) is 58.0 Å². The molecule has 120 valence electrons. The van der Waals surface area contributed by atoms with Crippen LogP contribution in [0.15, 0.2) is 30.3 Å². The molecule has 0 heterocycles. The van der Waals surface area contributed by atoms with E-state index in [1.807, 2.05) is 58.0 Å². The van der Waals surface area contributed by atoms with Crippen LogP contribution in [0.5, 0.6) is 0 Å². The fourth-order valence-corrected chi connectivity index (χ4v) is 0.895. The van der Waals surface area contributed by atoms with Crippen LogP contribution < -0.4 is 0 Å². The molecule has 0 aliphatic rings. The molecule has 0 bridgehead atoms. The zero-order valence-electron chi connectivity index (χ0n) is 14.6. The van der Waals surface area contributed by atoms with E-state index < -0.39 is 0 Å². The van der Waals surface area contributed by atoms with E-state index in [4.69, 9.17) is 0 Å². The zero-order chi connectivity index (χ0) is 17.4. The third-order valence-corrected chi connectivity index (χ3v) is 2.12. The molecule has 0 aliphatic heterocycles. The summed E-state index contributed by atoms with van der Waals surface area (Å²) in [6.45, 7) is 12.3. The van der Waals surface area contributed by atoms with Crippen molar-refractivity contribution < 1.29 is 14.4 Å². The van der Waals surface area contributed by atoms with Crippen molar-refractivity contribution in [2.75, 3.05) is 7.05 Å². The van der Waals surface area contributed by atoms with Crippen LogP contribution in [0.4, 0.5) is 0 Å². The van der Waals surface area contributed by atoms with E-state index in [0.717, 1.165) is 10.5 Å². The highest BCUT2D eigenvalue weighted by molar-refractivity contribution is 5.93. The summed E-state index contributed by atoms with van der Waals surface area (Å²) in [7, 11) is 1.45. The molecule has 0 N–H and O–H groups in total. The van der Waals surface area contributed by atoms with Crippen LogP contribution in [-0.4, -0.2) is 29.5 Å². The van der Waals surface area contributed by atoms with Crippen molar-refractivity contribution in [2.24, 2.45) is 0 Å². The van der Waals surface area contributed by atoms with Gasteiger partial charge in [0.25, 0.3) is 0 Å². The minimum Gasteiger partial charge on any atom is -0.295 e. The highest BCUT2D eigenvalue weighted by atomic mass is 16.2. The van der Waals surface area contributed by atoms with Gasteiger partial charge in [-0.25, -0.2) is 0 Å². The van der Waals surface area contributed by atoms with E-state index in [1.54, 1.807) is 6.92 Å². The Hall–Kier alpha value is -1.97. The molecular formula is C17H29NO3. The summed E-state index contributed by atoms with van der Waals surface area (Å²) < 4.78 is 0. The Kier molecular flexibility index (Phi) is 18.4. The Bertz CT molecular complexity index is 386. The normalized spacial score (nSPS) is 7.62. The first-order valence-corrected chi connectivity index (χ1v) is 7.17. The number of rotatable bonds is 1. The summed E-state index contributed by atoms with van der Waals surface area (Å²) in [4.78, 5) is 32.3.